The van der Waals surface area contributed by atoms with Crippen molar-refractivity contribution in [2.45, 2.75) is 19.6 Å². The number of hydrogen-bond acceptors (Lipinski definition) is 4. The highest BCUT2D eigenvalue weighted by atomic mass is 16.5. The van der Waals surface area contributed by atoms with Crippen LogP contribution in [0.1, 0.15) is 13.3 Å². The SMILES string of the molecule is CC(N)OC(=O)CC#N. The molecule has 0 radical (unpaired) electrons. The van der Waals surface area contributed by atoms with Crippen molar-refractivity contribution in [2.75, 3.05) is 0 Å². The van der Waals surface area contributed by atoms with E-state index in [-0.39, 0.29) is 6.42 Å². The summed E-state index contributed by atoms with van der Waals surface area (Å²) in [6, 6.07) is 1.64. The third-order valence-corrected chi connectivity index (χ3v) is 0.541. The van der Waals surface area contributed by atoms with Gasteiger partial charge in [-0.25, -0.2) is 0 Å². The largest absolute Gasteiger partial charge is 0.446 e. The summed E-state index contributed by atoms with van der Waals surface area (Å²) in [7, 11) is 0. The van der Waals surface area contributed by atoms with Gasteiger partial charge in [0.1, 0.15) is 12.6 Å². The summed E-state index contributed by atoms with van der Waals surface area (Å²) in [4.78, 5) is 10.3. The van der Waals surface area contributed by atoms with Gasteiger partial charge in [-0.3, -0.25) is 10.5 Å². The van der Waals surface area contributed by atoms with Crippen LogP contribution in [0.15, 0.2) is 0 Å². The standard InChI is InChI=1S/C5H8N2O2/c1-4(7)9-5(8)2-3-6/h4H,2,7H2,1H3. The summed E-state index contributed by atoms with van der Waals surface area (Å²) in [5, 5.41) is 7.96. The van der Waals surface area contributed by atoms with Crippen LogP contribution in [-0.4, -0.2) is 12.2 Å². The maximum absolute atomic E-state index is 10.3. The minimum Gasteiger partial charge on any atom is -0.446 e. The van der Waals surface area contributed by atoms with Crippen LogP contribution >= 0.6 is 0 Å². The van der Waals surface area contributed by atoms with Crippen LogP contribution in [0.5, 0.6) is 0 Å². The molecule has 0 aliphatic carbocycles. The molecule has 0 bridgehead atoms. The summed E-state index contributed by atoms with van der Waals surface area (Å²) in [6.45, 7) is 1.52. The maximum Gasteiger partial charge on any atom is 0.321 e. The lowest BCUT2D eigenvalue weighted by molar-refractivity contribution is -0.146. The number of carbonyl (C=O) groups is 1. The predicted molar refractivity (Wildman–Crippen MR) is 30.0 cm³/mol. The number of nitriles is 1. The topological polar surface area (TPSA) is 76.1 Å². The zero-order chi connectivity index (χ0) is 7.28. The lowest BCUT2D eigenvalue weighted by atomic mass is 10.5. The Kier molecular flexibility index (Phi) is 3.40. The molecule has 4 heteroatoms. The van der Waals surface area contributed by atoms with Gasteiger partial charge in [0.05, 0.1) is 6.07 Å². The molecule has 1 atom stereocenters. The van der Waals surface area contributed by atoms with Crippen molar-refractivity contribution >= 4 is 5.97 Å². The second kappa shape index (κ2) is 3.87. The molecule has 0 heterocycles. The van der Waals surface area contributed by atoms with Crippen molar-refractivity contribution < 1.29 is 9.53 Å². The van der Waals surface area contributed by atoms with Gasteiger partial charge >= 0.3 is 5.97 Å². The molecule has 9 heavy (non-hydrogen) atoms. The van der Waals surface area contributed by atoms with E-state index in [2.05, 4.69) is 4.74 Å². The molecular weight excluding hydrogens is 120 g/mol. The van der Waals surface area contributed by atoms with Crippen LogP contribution < -0.4 is 5.73 Å². The van der Waals surface area contributed by atoms with E-state index in [4.69, 9.17) is 11.0 Å². The van der Waals surface area contributed by atoms with E-state index in [1.807, 2.05) is 0 Å². The monoisotopic (exact) mass is 128 g/mol. The van der Waals surface area contributed by atoms with Crippen LogP contribution in [0.2, 0.25) is 0 Å². The fourth-order valence-electron chi connectivity index (χ4n) is 0.314. The molecule has 0 saturated carbocycles. The van der Waals surface area contributed by atoms with E-state index < -0.39 is 12.2 Å². The van der Waals surface area contributed by atoms with E-state index in [1.165, 1.54) is 6.92 Å². The number of rotatable bonds is 2. The predicted octanol–water partition coefficient (Wildman–Crippen LogP) is -0.252. The van der Waals surface area contributed by atoms with Gasteiger partial charge in [0.15, 0.2) is 0 Å². The minimum atomic E-state index is -0.620. The van der Waals surface area contributed by atoms with E-state index in [9.17, 15) is 4.79 Å². The highest BCUT2D eigenvalue weighted by Gasteiger charge is 2.02. The normalized spacial score (nSPS) is 11.7. The Labute approximate surface area is 53.2 Å². The summed E-state index contributed by atoms with van der Waals surface area (Å²) in [5.74, 6) is -0.576. The summed E-state index contributed by atoms with van der Waals surface area (Å²) in [5.41, 5.74) is 5.07. The van der Waals surface area contributed by atoms with Gasteiger partial charge in [-0.1, -0.05) is 0 Å². The lowest BCUT2D eigenvalue weighted by Gasteiger charge is -2.03. The molecule has 0 spiro atoms. The quantitative estimate of drug-likeness (QED) is 0.411. The minimum absolute atomic E-state index is 0.235. The Morgan fingerprint density at radius 3 is 2.89 bits per heavy atom. The van der Waals surface area contributed by atoms with E-state index in [0.717, 1.165) is 0 Å². The van der Waals surface area contributed by atoms with Crippen molar-refractivity contribution in [3.63, 3.8) is 0 Å². The first-order valence-electron chi connectivity index (χ1n) is 2.49. The summed E-state index contributed by atoms with van der Waals surface area (Å²) in [6.07, 6.45) is -0.854. The van der Waals surface area contributed by atoms with Crippen molar-refractivity contribution in [3.05, 3.63) is 0 Å². The molecule has 0 aliphatic rings. The maximum atomic E-state index is 10.3. The molecule has 0 saturated heterocycles. The fourth-order valence-corrected chi connectivity index (χ4v) is 0.314. The number of carbonyl (C=O) groups excluding carboxylic acids is 1. The highest BCUT2D eigenvalue weighted by molar-refractivity contribution is 5.71. The first-order chi connectivity index (χ1) is 4.16. The average molecular weight is 128 g/mol. The van der Waals surface area contributed by atoms with Crippen molar-refractivity contribution in [1.29, 1.82) is 5.26 Å². The Bertz CT molecular complexity index is 136. The first kappa shape index (κ1) is 7.92. The second-order valence-corrected chi connectivity index (χ2v) is 1.53. The van der Waals surface area contributed by atoms with Gasteiger partial charge < -0.3 is 4.74 Å². The van der Waals surface area contributed by atoms with E-state index in [1.54, 1.807) is 6.07 Å². The van der Waals surface area contributed by atoms with Crippen molar-refractivity contribution in [2.24, 2.45) is 5.73 Å². The zero-order valence-corrected chi connectivity index (χ0v) is 5.13. The zero-order valence-electron chi connectivity index (χ0n) is 5.13. The molecule has 0 fully saturated rings. The van der Waals surface area contributed by atoms with E-state index >= 15 is 0 Å². The first-order valence-corrected chi connectivity index (χ1v) is 2.49. The van der Waals surface area contributed by atoms with Crippen LogP contribution in [0.25, 0.3) is 0 Å². The number of esters is 1. The molecule has 0 amide bonds. The molecule has 1 unspecified atom stereocenters. The van der Waals surface area contributed by atoms with Gasteiger partial charge in [0.2, 0.25) is 0 Å². The van der Waals surface area contributed by atoms with Crippen LogP contribution in [0, 0.1) is 11.3 Å². The van der Waals surface area contributed by atoms with Gasteiger partial charge in [-0.15, -0.1) is 0 Å². The van der Waals surface area contributed by atoms with Crippen LogP contribution in [0.3, 0.4) is 0 Å². The molecule has 0 aromatic heterocycles. The Balaban J connectivity index is 3.42. The summed E-state index contributed by atoms with van der Waals surface area (Å²) < 4.78 is 4.41. The van der Waals surface area contributed by atoms with Gasteiger partial charge in [0.25, 0.3) is 0 Å². The number of ether oxygens (including phenoxy) is 1. The van der Waals surface area contributed by atoms with Gasteiger partial charge in [0, 0.05) is 0 Å². The smallest absolute Gasteiger partial charge is 0.321 e. The van der Waals surface area contributed by atoms with Crippen LogP contribution in [-0.2, 0) is 9.53 Å². The Morgan fingerprint density at radius 1 is 2.00 bits per heavy atom. The Morgan fingerprint density at radius 2 is 2.56 bits per heavy atom. The molecule has 0 aromatic carbocycles. The third kappa shape index (κ3) is 4.78. The van der Waals surface area contributed by atoms with Gasteiger partial charge in [-0.2, -0.15) is 5.26 Å². The Hall–Kier alpha value is -1.08. The number of nitrogens with two attached hydrogens (primary N) is 1. The van der Waals surface area contributed by atoms with Crippen molar-refractivity contribution in [1.82, 2.24) is 0 Å². The third-order valence-electron chi connectivity index (χ3n) is 0.541. The molecule has 50 valence electrons. The lowest BCUT2D eigenvalue weighted by Crippen LogP contribution is -2.22. The van der Waals surface area contributed by atoms with E-state index in [0.29, 0.717) is 0 Å². The van der Waals surface area contributed by atoms with Crippen LogP contribution in [0.4, 0.5) is 0 Å². The molecular formula is C5H8N2O2. The number of nitrogens with zero attached hydrogens (tertiary/aromatic N) is 1. The molecule has 4 nitrogen and oxygen atoms in total. The fraction of sp³-hybridized carbons (Fsp3) is 0.600. The molecule has 0 rings (SSSR count). The molecule has 0 aliphatic heterocycles. The molecule has 2 N–H and O–H groups in total. The second-order valence-electron chi connectivity index (χ2n) is 1.53. The highest BCUT2D eigenvalue weighted by Crippen LogP contribution is 1.85. The molecule has 0 aromatic rings. The average Bonchev–Trinajstić information content (AvgIpc) is 1.63. The number of hydrogen-bond donors (Lipinski definition) is 1. The van der Waals surface area contributed by atoms with Gasteiger partial charge in [-0.05, 0) is 6.92 Å². The summed E-state index contributed by atoms with van der Waals surface area (Å²) >= 11 is 0. The van der Waals surface area contributed by atoms with Crippen molar-refractivity contribution in [3.8, 4) is 6.07 Å².